The van der Waals surface area contributed by atoms with Gasteiger partial charge in [0, 0.05) is 23.0 Å². The predicted molar refractivity (Wildman–Crippen MR) is 123 cm³/mol. The van der Waals surface area contributed by atoms with Gasteiger partial charge in [0.2, 0.25) is 0 Å². The Kier molecular flexibility index (Phi) is 5.29. The zero-order chi connectivity index (χ0) is 19.5. The molecule has 3 nitrogen and oxygen atoms in total. The maximum atomic E-state index is 4.99. The predicted octanol–water partition coefficient (Wildman–Crippen LogP) is 6.77. The average molecular weight is 400 g/mol. The van der Waals surface area contributed by atoms with Crippen molar-refractivity contribution < 1.29 is 0 Å². The molecule has 4 heteroatoms. The van der Waals surface area contributed by atoms with Gasteiger partial charge < -0.3 is 5.32 Å². The number of hydrogen-bond donors (Lipinski definition) is 1. The molecule has 0 amide bonds. The summed E-state index contributed by atoms with van der Waals surface area (Å²) in [5, 5.41) is 9.25. The molecule has 146 valence electrons. The number of likely N-dealkylation sites (tertiary alicyclic amines) is 1. The van der Waals surface area contributed by atoms with Crippen LogP contribution in [0.2, 0.25) is 0 Å². The van der Waals surface area contributed by atoms with E-state index in [-0.39, 0.29) is 0 Å². The molecule has 1 N–H and O–H groups in total. The second-order valence-electron chi connectivity index (χ2n) is 7.70. The smallest absolute Gasteiger partial charge is 0.187 e. The maximum Gasteiger partial charge on any atom is 0.187 e. The van der Waals surface area contributed by atoms with E-state index in [9.17, 15) is 0 Å². The van der Waals surface area contributed by atoms with E-state index >= 15 is 0 Å². The minimum Gasteiger partial charge on any atom is -0.331 e. The average Bonchev–Trinajstić information content (AvgIpc) is 3.23. The van der Waals surface area contributed by atoms with E-state index in [2.05, 4.69) is 88.4 Å². The number of thiazole rings is 1. The molecule has 1 aliphatic heterocycles. The van der Waals surface area contributed by atoms with Crippen LogP contribution in [0, 0.1) is 0 Å². The lowest BCUT2D eigenvalue weighted by Gasteiger charge is -2.34. The van der Waals surface area contributed by atoms with Crippen LogP contribution in [0.25, 0.3) is 10.8 Å². The van der Waals surface area contributed by atoms with E-state index in [4.69, 9.17) is 4.98 Å². The summed E-state index contributed by atoms with van der Waals surface area (Å²) in [4.78, 5) is 7.59. The lowest BCUT2D eigenvalue weighted by Crippen LogP contribution is -2.33. The van der Waals surface area contributed by atoms with Crippen LogP contribution in [-0.4, -0.2) is 16.4 Å². The molecular formula is C25H25N3S. The van der Waals surface area contributed by atoms with E-state index in [1.807, 2.05) is 0 Å². The molecule has 29 heavy (non-hydrogen) atoms. The first-order valence-electron chi connectivity index (χ1n) is 10.3. The van der Waals surface area contributed by atoms with E-state index in [0.717, 1.165) is 23.9 Å². The van der Waals surface area contributed by atoms with Crippen LogP contribution in [-0.2, 0) is 6.54 Å². The molecule has 0 radical (unpaired) electrons. The fraction of sp³-hybridized carbons (Fsp3) is 0.240. The molecule has 0 saturated carbocycles. The lowest BCUT2D eigenvalue weighted by molar-refractivity contribution is 0.138. The van der Waals surface area contributed by atoms with Gasteiger partial charge in [0.05, 0.1) is 11.7 Å². The molecule has 1 atom stereocenters. The van der Waals surface area contributed by atoms with Gasteiger partial charge in [-0.2, -0.15) is 0 Å². The Morgan fingerprint density at radius 2 is 1.76 bits per heavy atom. The van der Waals surface area contributed by atoms with Crippen molar-refractivity contribution in [3.8, 4) is 0 Å². The molecule has 1 saturated heterocycles. The summed E-state index contributed by atoms with van der Waals surface area (Å²) in [6, 6.07) is 26.1. The third kappa shape index (κ3) is 4.04. The second kappa shape index (κ2) is 8.36. The Balaban J connectivity index is 1.37. The molecule has 4 aromatic rings. The van der Waals surface area contributed by atoms with Crippen LogP contribution in [0.3, 0.4) is 0 Å². The monoisotopic (exact) mass is 399 g/mol. The molecule has 0 aliphatic carbocycles. The van der Waals surface area contributed by atoms with Crippen molar-refractivity contribution in [3.63, 3.8) is 0 Å². The largest absolute Gasteiger partial charge is 0.331 e. The molecule has 0 spiro atoms. The first kappa shape index (κ1) is 18.3. The Labute approximate surface area is 176 Å². The summed E-state index contributed by atoms with van der Waals surface area (Å²) in [5.74, 6) is 0. The molecule has 1 unspecified atom stereocenters. The van der Waals surface area contributed by atoms with Gasteiger partial charge in [0.15, 0.2) is 5.13 Å². The number of fused-ring (bicyclic) bond motifs is 1. The van der Waals surface area contributed by atoms with Crippen molar-refractivity contribution in [2.45, 2.75) is 31.8 Å². The zero-order valence-corrected chi connectivity index (χ0v) is 17.2. The SMILES string of the molecule is c1ccc(CN2CCCCC2c2csc(Nc3cccc4ccccc34)n2)cc1. The summed E-state index contributed by atoms with van der Waals surface area (Å²) in [7, 11) is 0. The molecule has 3 aromatic carbocycles. The molecule has 2 heterocycles. The number of aromatic nitrogens is 1. The molecule has 1 fully saturated rings. The molecule has 1 aliphatic rings. The fourth-order valence-electron chi connectivity index (χ4n) is 4.28. The van der Waals surface area contributed by atoms with Crippen molar-refractivity contribution in [2.75, 3.05) is 11.9 Å². The number of benzene rings is 3. The van der Waals surface area contributed by atoms with Crippen molar-refractivity contribution >= 4 is 32.9 Å². The Morgan fingerprint density at radius 3 is 2.69 bits per heavy atom. The van der Waals surface area contributed by atoms with Crippen LogP contribution in [0.1, 0.15) is 36.6 Å². The van der Waals surface area contributed by atoms with Crippen LogP contribution in [0.15, 0.2) is 78.2 Å². The van der Waals surface area contributed by atoms with Gasteiger partial charge in [-0.25, -0.2) is 4.98 Å². The van der Waals surface area contributed by atoms with Crippen molar-refractivity contribution in [1.29, 1.82) is 0 Å². The Morgan fingerprint density at radius 1 is 0.931 bits per heavy atom. The van der Waals surface area contributed by atoms with Crippen molar-refractivity contribution in [2.24, 2.45) is 0 Å². The number of anilines is 2. The number of piperidine rings is 1. The third-order valence-corrected chi connectivity index (χ3v) is 6.51. The van der Waals surface area contributed by atoms with Gasteiger partial charge in [-0.1, -0.05) is 73.2 Å². The Bertz CT molecular complexity index is 1080. The van der Waals surface area contributed by atoms with Crippen LogP contribution < -0.4 is 5.32 Å². The summed E-state index contributed by atoms with van der Waals surface area (Å²) in [6.07, 6.45) is 3.73. The van der Waals surface area contributed by atoms with Crippen LogP contribution >= 0.6 is 11.3 Å². The number of hydrogen-bond acceptors (Lipinski definition) is 4. The minimum atomic E-state index is 0.406. The molecular weight excluding hydrogens is 374 g/mol. The topological polar surface area (TPSA) is 28.2 Å². The van der Waals surface area contributed by atoms with Crippen LogP contribution in [0.4, 0.5) is 10.8 Å². The quantitative estimate of drug-likeness (QED) is 0.401. The molecule has 5 rings (SSSR count). The molecule has 0 bridgehead atoms. The standard InChI is InChI=1S/C25H25N3S/c1-2-9-19(10-3-1)17-28-16-7-6-15-24(28)23-18-29-25(27-23)26-22-14-8-12-20-11-4-5-13-21(20)22/h1-5,8-14,18,24H,6-7,15-17H2,(H,26,27). The summed E-state index contributed by atoms with van der Waals surface area (Å²) < 4.78 is 0. The fourth-order valence-corrected chi connectivity index (χ4v) is 5.05. The van der Waals surface area contributed by atoms with Gasteiger partial charge in [-0.15, -0.1) is 11.3 Å². The second-order valence-corrected chi connectivity index (χ2v) is 8.55. The summed E-state index contributed by atoms with van der Waals surface area (Å²) in [6.45, 7) is 2.14. The highest BCUT2D eigenvalue weighted by Gasteiger charge is 2.26. The highest BCUT2D eigenvalue weighted by atomic mass is 32.1. The first-order valence-corrected chi connectivity index (χ1v) is 11.2. The van der Waals surface area contributed by atoms with Gasteiger partial charge in [-0.3, -0.25) is 4.90 Å². The van der Waals surface area contributed by atoms with E-state index < -0.39 is 0 Å². The normalized spacial score (nSPS) is 17.4. The number of rotatable bonds is 5. The van der Waals surface area contributed by atoms with Crippen LogP contribution in [0.5, 0.6) is 0 Å². The van der Waals surface area contributed by atoms with Crippen molar-refractivity contribution in [1.82, 2.24) is 9.88 Å². The van der Waals surface area contributed by atoms with Gasteiger partial charge in [-0.05, 0) is 36.4 Å². The van der Waals surface area contributed by atoms with E-state index in [1.54, 1.807) is 11.3 Å². The minimum absolute atomic E-state index is 0.406. The van der Waals surface area contributed by atoms with Gasteiger partial charge >= 0.3 is 0 Å². The van der Waals surface area contributed by atoms with E-state index in [0.29, 0.717) is 6.04 Å². The Hall–Kier alpha value is -2.69. The highest BCUT2D eigenvalue weighted by molar-refractivity contribution is 7.13. The van der Waals surface area contributed by atoms with Gasteiger partial charge in [0.1, 0.15) is 0 Å². The van der Waals surface area contributed by atoms with Gasteiger partial charge in [0.25, 0.3) is 0 Å². The first-order chi connectivity index (χ1) is 14.4. The number of nitrogens with zero attached hydrogens (tertiary/aromatic N) is 2. The van der Waals surface area contributed by atoms with Crippen molar-refractivity contribution in [3.05, 3.63) is 89.4 Å². The maximum absolute atomic E-state index is 4.99. The third-order valence-electron chi connectivity index (χ3n) is 5.74. The number of nitrogens with one attached hydrogen (secondary N) is 1. The lowest BCUT2D eigenvalue weighted by atomic mass is 9.99. The molecule has 1 aromatic heterocycles. The highest BCUT2D eigenvalue weighted by Crippen LogP contribution is 2.35. The zero-order valence-electron chi connectivity index (χ0n) is 16.4. The summed E-state index contributed by atoms with van der Waals surface area (Å²) >= 11 is 1.71. The van der Waals surface area contributed by atoms with E-state index in [1.165, 1.54) is 41.3 Å². The summed E-state index contributed by atoms with van der Waals surface area (Å²) in [5.41, 5.74) is 3.70.